The summed E-state index contributed by atoms with van der Waals surface area (Å²) in [5, 5.41) is 13.9. The van der Waals surface area contributed by atoms with E-state index in [4.69, 9.17) is 0 Å². The molecule has 1 aromatic heterocycles. The van der Waals surface area contributed by atoms with Gasteiger partial charge in [0.1, 0.15) is 0 Å². The van der Waals surface area contributed by atoms with Crippen molar-refractivity contribution in [2.45, 2.75) is 12.7 Å². The number of nitrogens with one attached hydrogen (secondary N) is 1. The van der Waals surface area contributed by atoms with E-state index >= 15 is 0 Å². The minimum atomic E-state index is -4.33. The van der Waals surface area contributed by atoms with E-state index in [0.717, 1.165) is 12.1 Å². The third-order valence-corrected chi connectivity index (χ3v) is 2.21. The Hall–Kier alpha value is -2.12. The molecule has 0 radical (unpaired) electrons. The maximum Gasteiger partial charge on any atom is 0.416 e. The summed E-state index contributed by atoms with van der Waals surface area (Å²) in [5.41, 5.74) is -0.175. The molecular formula is C10H10F3N5. The molecule has 1 N–H and O–H groups in total. The zero-order valence-corrected chi connectivity index (χ0v) is 9.44. The summed E-state index contributed by atoms with van der Waals surface area (Å²) in [4.78, 5) is 1.26. The van der Waals surface area contributed by atoms with E-state index in [-0.39, 0.29) is 12.5 Å². The summed E-state index contributed by atoms with van der Waals surface area (Å²) in [6, 6.07) is 5.08. The van der Waals surface area contributed by atoms with Crippen LogP contribution in [0.15, 0.2) is 24.3 Å². The van der Waals surface area contributed by atoms with Crippen molar-refractivity contribution in [1.29, 1.82) is 0 Å². The fraction of sp³-hybridized carbons (Fsp3) is 0.300. The molecule has 18 heavy (non-hydrogen) atoms. The summed E-state index contributed by atoms with van der Waals surface area (Å²) in [7, 11) is 1.60. The van der Waals surface area contributed by atoms with Crippen LogP contribution in [0.5, 0.6) is 0 Å². The molecule has 0 aliphatic carbocycles. The van der Waals surface area contributed by atoms with Gasteiger partial charge >= 0.3 is 6.18 Å². The third-order valence-electron chi connectivity index (χ3n) is 2.21. The van der Waals surface area contributed by atoms with Gasteiger partial charge in [0.15, 0.2) is 0 Å². The average molecular weight is 257 g/mol. The Balaban J connectivity index is 2.06. The first-order valence-corrected chi connectivity index (χ1v) is 5.09. The van der Waals surface area contributed by atoms with Crippen molar-refractivity contribution < 1.29 is 13.2 Å². The van der Waals surface area contributed by atoms with E-state index in [0.29, 0.717) is 5.56 Å². The fourth-order valence-corrected chi connectivity index (χ4v) is 1.39. The highest BCUT2D eigenvalue weighted by Crippen LogP contribution is 2.29. The number of benzene rings is 1. The molecule has 0 saturated carbocycles. The maximum atomic E-state index is 12.5. The molecular weight excluding hydrogens is 247 g/mol. The molecule has 0 fully saturated rings. The van der Waals surface area contributed by atoms with Gasteiger partial charge in [-0.2, -0.15) is 18.0 Å². The number of tetrazole rings is 1. The van der Waals surface area contributed by atoms with E-state index in [1.54, 1.807) is 13.1 Å². The largest absolute Gasteiger partial charge is 0.416 e. The van der Waals surface area contributed by atoms with E-state index < -0.39 is 11.7 Å². The Morgan fingerprint density at radius 1 is 1.33 bits per heavy atom. The second kappa shape index (κ2) is 4.63. The van der Waals surface area contributed by atoms with Gasteiger partial charge in [-0.1, -0.05) is 17.2 Å². The van der Waals surface area contributed by atoms with Crippen molar-refractivity contribution >= 4 is 5.95 Å². The quantitative estimate of drug-likeness (QED) is 0.911. The van der Waals surface area contributed by atoms with Crippen molar-refractivity contribution in [3.63, 3.8) is 0 Å². The van der Waals surface area contributed by atoms with Gasteiger partial charge in [-0.05, 0) is 22.9 Å². The van der Waals surface area contributed by atoms with E-state index in [2.05, 4.69) is 20.7 Å². The lowest BCUT2D eigenvalue weighted by molar-refractivity contribution is -0.137. The topological polar surface area (TPSA) is 55.6 Å². The van der Waals surface area contributed by atoms with Gasteiger partial charge in [-0.25, -0.2) is 0 Å². The molecule has 8 heteroatoms. The number of nitrogens with zero attached hydrogens (tertiary/aromatic N) is 4. The van der Waals surface area contributed by atoms with Gasteiger partial charge in [-0.15, -0.1) is 5.10 Å². The Morgan fingerprint density at radius 3 is 2.72 bits per heavy atom. The lowest BCUT2D eigenvalue weighted by Crippen LogP contribution is -2.07. The van der Waals surface area contributed by atoms with Crippen LogP contribution in [0.1, 0.15) is 11.1 Å². The zero-order valence-electron chi connectivity index (χ0n) is 9.44. The first-order chi connectivity index (χ1) is 8.45. The van der Waals surface area contributed by atoms with Gasteiger partial charge in [0.2, 0.25) is 0 Å². The van der Waals surface area contributed by atoms with Crippen LogP contribution in [0, 0.1) is 0 Å². The van der Waals surface area contributed by atoms with Gasteiger partial charge < -0.3 is 5.32 Å². The van der Waals surface area contributed by atoms with Crippen LogP contribution in [-0.2, 0) is 19.8 Å². The molecule has 0 amide bonds. The van der Waals surface area contributed by atoms with Crippen LogP contribution >= 0.6 is 0 Å². The van der Waals surface area contributed by atoms with Gasteiger partial charge in [0.05, 0.1) is 12.6 Å². The molecule has 96 valence electrons. The van der Waals surface area contributed by atoms with Crippen LogP contribution in [0.4, 0.5) is 19.1 Å². The smallest absolute Gasteiger partial charge is 0.348 e. The van der Waals surface area contributed by atoms with Crippen molar-refractivity contribution in [3.8, 4) is 0 Å². The summed E-state index contributed by atoms with van der Waals surface area (Å²) in [6.07, 6.45) is -4.33. The molecule has 0 aliphatic rings. The van der Waals surface area contributed by atoms with E-state index in [1.165, 1.54) is 10.9 Å². The number of alkyl halides is 3. The van der Waals surface area contributed by atoms with Crippen LogP contribution in [0.2, 0.25) is 0 Å². The van der Waals surface area contributed by atoms with Gasteiger partial charge in [-0.3, -0.25) is 0 Å². The predicted molar refractivity (Wildman–Crippen MR) is 57.6 cm³/mol. The third kappa shape index (κ3) is 2.96. The molecule has 5 nitrogen and oxygen atoms in total. The summed E-state index contributed by atoms with van der Waals surface area (Å²) < 4.78 is 37.4. The highest BCUT2D eigenvalue weighted by molar-refractivity contribution is 5.29. The second-order valence-electron chi connectivity index (χ2n) is 3.65. The van der Waals surface area contributed by atoms with Crippen LogP contribution in [-0.4, -0.2) is 20.2 Å². The number of aryl methyl sites for hydroxylation is 1. The van der Waals surface area contributed by atoms with Crippen molar-refractivity contribution in [2.75, 3.05) is 5.32 Å². The zero-order chi connectivity index (χ0) is 13.2. The summed E-state index contributed by atoms with van der Waals surface area (Å²) in [5.74, 6) is 0.273. The fourth-order valence-electron chi connectivity index (χ4n) is 1.39. The summed E-state index contributed by atoms with van der Waals surface area (Å²) >= 11 is 0. The molecule has 0 bridgehead atoms. The van der Waals surface area contributed by atoms with Crippen molar-refractivity contribution in [1.82, 2.24) is 20.2 Å². The Labute approximate surface area is 101 Å². The van der Waals surface area contributed by atoms with Crippen LogP contribution in [0.3, 0.4) is 0 Å². The average Bonchev–Trinajstić information content (AvgIpc) is 2.72. The molecule has 0 spiro atoms. The lowest BCUT2D eigenvalue weighted by Gasteiger charge is -2.08. The first-order valence-electron chi connectivity index (χ1n) is 5.09. The monoisotopic (exact) mass is 257 g/mol. The molecule has 1 heterocycles. The molecule has 0 atom stereocenters. The standard InChI is InChI=1S/C10H10F3N5/c1-18-16-9(15-17-18)14-6-7-3-2-4-8(5-7)10(11,12)13/h2-5H,6H2,1H3,(H,14,16). The van der Waals surface area contributed by atoms with Crippen LogP contribution < -0.4 is 5.32 Å². The minimum Gasteiger partial charge on any atom is -0.348 e. The summed E-state index contributed by atoms with van der Waals surface area (Å²) in [6.45, 7) is 0.204. The Morgan fingerprint density at radius 2 is 2.11 bits per heavy atom. The number of rotatable bonds is 3. The van der Waals surface area contributed by atoms with E-state index in [1.807, 2.05) is 0 Å². The molecule has 0 unspecified atom stereocenters. The Bertz CT molecular complexity index is 534. The van der Waals surface area contributed by atoms with Gasteiger partial charge in [0, 0.05) is 6.54 Å². The van der Waals surface area contributed by atoms with E-state index in [9.17, 15) is 13.2 Å². The second-order valence-corrected chi connectivity index (χ2v) is 3.65. The number of anilines is 1. The molecule has 0 saturated heterocycles. The number of hydrogen-bond acceptors (Lipinski definition) is 4. The maximum absolute atomic E-state index is 12.5. The van der Waals surface area contributed by atoms with Crippen molar-refractivity contribution in [3.05, 3.63) is 35.4 Å². The predicted octanol–water partition coefficient (Wildman–Crippen LogP) is 1.84. The number of hydrogen-bond donors (Lipinski definition) is 1. The first kappa shape index (κ1) is 12.3. The number of aromatic nitrogens is 4. The number of halogens is 3. The van der Waals surface area contributed by atoms with Gasteiger partial charge in [0.25, 0.3) is 5.95 Å². The highest BCUT2D eigenvalue weighted by atomic mass is 19.4. The highest BCUT2D eigenvalue weighted by Gasteiger charge is 2.30. The normalized spacial score (nSPS) is 11.6. The molecule has 1 aromatic carbocycles. The molecule has 2 rings (SSSR count). The lowest BCUT2D eigenvalue weighted by atomic mass is 10.1. The Kier molecular flexibility index (Phi) is 3.17. The molecule has 0 aliphatic heterocycles. The molecule has 2 aromatic rings. The SMILES string of the molecule is Cn1nnc(NCc2cccc(C(F)(F)F)c2)n1. The van der Waals surface area contributed by atoms with Crippen LogP contribution in [0.25, 0.3) is 0 Å². The van der Waals surface area contributed by atoms with Crippen molar-refractivity contribution in [2.24, 2.45) is 7.05 Å². The minimum absolute atomic E-state index is 0.204.